The van der Waals surface area contributed by atoms with Crippen molar-refractivity contribution >= 4 is 28.6 Å². The number of hydrogen-bond acceptors (Lipinski definition) is 2. The van der Waals surface area contributed by atoms with Gasteiger partial charge in [0.25, 0.3) is 0 Å². The normalized spacial score (nSPS) is 9.78. The van der Waals surface area contributed by atoms with Gasteiger partial charge in [0.1, 0.15) is 6.61 Å². The second-order valence-electron chi connectivity index (χ2n) is 1.16. The van der Waals surface area contributed by atoms with Crippen LogP contribution in [0.1, 0.15) is 0 Å². The summed E-state index contributed by atoms with van der Waals surface area (Å²) in [6.07, 6.45) is -2.99. The molecule has 0 N–H and O–H groups in total. The zero-order chi connectivity index (χ0) is 7.28. The highest BCUT2D eigenvalue weighted by Crippen LogP contribution is 1.95. The van der Waals surface area contributed by atoms with Crippen molar-refractivity contribution in [3.8, 4) is 0 Å². The molecule has 0 spiro atoms. The first-order valence-corrected chi connectivity index (χ1v) is 3.71. The molecule has 0 saturated carbocycles. The molecule has 0 aromatic heterocycles. The number of carbonyl (C=O) groups excluding carboxylic acids is 1. The average Bonchev–Trinajstić information content (AvgIpc) is 1.82. The maximum atomic E-state index is 11.3. The van der Waals surface area contributed by atoms with E-state index in [1.165, 1.54) is 0 Å². The van der Waals surface area contributed by atoms with E-state index >= 15 is 0 Å². The summed E-state index contributed by atoms with van der Waals surface area (Å²) in [7, 11) is 0. The van der Waals surface area contributed by atoms with Crippen LogP contribution in [0.3, 0.4) is 0 Å². The molecule has 0 unspecified atom stereocenters. The van der Waals surface area contributed by atoms with Gasteiger partial charge in [0.15, 0.2) is 0 Å². The van der Waals surface area contributed by atoms with Gasteiger partial charge in [0, 0.05) is 4.43 Å². The maximum Gasteiger partial charge on any atom is 0.373 e. The summed E-state index contributed by atoms with van der Waals surface area (Å²) in [6.45, 7) is 0.0593. The first-order chi connectivity index (χ1) is 4.18. The molecule has 9 heavy (non-hydrogen) atoms. The first-order valence-electron chi connectivity index (χ1n) is 2.19. The van der Waals surface area contributed by atoms with E-state index in [0.29, 0.717) is 4.43 Å². The largest absolute Gasteiger partial charge is 0.461 e. The third-order valence-corrected chi connectivity index (χ3v) is 0.940. The van der Waals surface area contributed by atoms with Crippen LogP contribution in [0, 0.1) is 0 Å². The van der Waals surface area contributed by atoms with Gasteiger partial charge in [-0.2, -0.15) is 8.78 Å². The monoisotopic (exact) mass is 250 g/mol. The van der Waals surface area contributed by atoms with Crippen molar-refractivity contribution in [2.45, 2.75) is 6.43 Å². The third kappa shape index (κ3) is 4.56. The van der Waals surface area contributed by atoms with Crippen LogP contribution in [0.2, 0.25) is 0 Å². The Morgan fingerprint density at radius 1 is 1.67 bits per heavy atom. The van der Waals surface area contributed by atoms with Crippen molar-refractivity contribution in [3.05, 3.63) is 0 Å². The highest BCUT2D eigenvalue weighted by atomic mass is 127. The van der Waals surface area contributed by atoms with Crippen molar-refractivity contribution in [2.75, 3.05) is 11.0 Å². The summed E-state index contributed by atoms with van der Waals surface area (Å²) in [4.78, 5) is 9.93. The average molecular weight is 250 g/mol. The quantitative estimate of drug-likeness (QED) is 0.427. The topological polar surface area (TPSA) is 26.3 Å². The van der Waals surface area contributed by atoms with Crippen molar-refractivity contribution in [1.29, 1.82) is 0 Å². The number of rotatable bonds is 3. The van der Waals surface area contributed by atoms with E-state index in [-0.39, 0.29) is 6.61 Å². The molecule has 0 heterocycles. The van der Waals surface area contributed by atoms with E-state index in [4.69, 9.17) is 0 Å². The van der Waals surface area contributed by atoms with Crippen molar-refractivity contribution < 1.29 is 18.3 Å². The minimum absolute atomic E-state index is 0.0593. The summed E-state index contributed by atoms with van der Waals surface area (Å²) in [5.74, 6) is -1.44. The zero-order valence-electron chi connectivity index (χ0n) is 4.44. The lowest BCUT2D eigenvalue weighted by Crippen LogP contribution is -2.15. The van der Waals surface area contributed by atoms with Crippen molar-refractivity contribution in [1.82, 2.24) is 0 Å². The fourth-order valence-electron chi connectivity index (χ4n) is 0.202. The van der Waals surface area contributed by atoms with Gasteiger partial charge < -0.3 is 4.74 Å². The Morgan fingerprint density at radius 3 is 2.56 bits per heavy atom. The fourth-order valence-corrected chi connectivity index (χ4v) is 0.422. The lowest BCUT2D eigenvalue weighted by Gasteiger charge is -1.98. The maximum absolute atomic E-state index is 11.3. The van der Waals surface area contributed by atoms with Gasteiger partial charge in [-0.05, 0) is 0 Å². The molecule has 54 valence electrons. The lowest BCUT2D eigenvalue weighted by atomic mass is 10.7. The minimum Gasteiger partial charge on any atom is -0.461 e. The van der Waals surface area contributed by atoms with E-state index in [9.17, 15) is 13.6 Å². The molecule has 0 bridgehead atoms. The highest BCUT2D eigenvalue weighted by Gasteiger charge is 2.15. The summed E-state index contributed by atoms with van der Waals surface area (Å²) >= 11 is 1.92. The Morgan fingerprint density at radius 2 is 2.22 bits per heavy atom. The van der Waals surface area contributed by atoms with Gasteiger partial charge in [-0.3, -0.25) is 0 Å². The molecule has 0 aliphatic heterocycles. The van der Waals surface area contributed by atoms with Gasteiger partial charge in [0.2, 0.25) is 0 Å². The standard InChI is InChI=1S/C4H5F2IO2/c5-3(6)4(8)9-2-1-7/h3H,1-2H2. The van der Waals surface area contributed by atoms with Crippen LogP contribution in [0.25, 0.3) is 0 Å². The van der Waals surface area contributed by atoms with E-state index < -0.39 is 12.4 Å². The molecule has 0 aromatic rings. The second kappa shape index (κ2) is 4.89. The third-order valence-electron chi connectivity index (χ3n) is 0.500. The molecular formula is C4H5F2IO2. The van der Waals surface area contributed by atoms with Crippen LogP contribution in [-0.4, -0.2) is 23.4 Å². The molecule has 2 nitrogen and oxygen atoms in total. The minimum atomic E-state index is -2.99. The lowest BCUT2D eigenvalue weighted by molar-refractivity contribution is -0.155. The molecule has 0 atom stereocenters. The summed E-state index contributed by atoms with van der Waals surface area (Å²) in [5, 5.41) is 0. The highest BCUT2D eigenvalue weighted by molar-refractivity contribution is 14.1. The molecule has 0 aliphatic carbocycles. The van der Waals surface area contributed by atoms with Crippen molar-refractivity contribution in [2.24, 2.45) is 0 Å². The summed E-state index contributed by atoms with van der Waals surface area (Å²) < 4.78 is 27.1. The van der Waals surface area contributed by atoms with Crippen LogP contribution < -0.4 is 0 Å². The van der Waals surface area contributed by atoms with E-state index in [0.717, 1.165) is 0 Å². The van der Waals surface area contributed by atoms with Gasteiger partial charge in [-0.1, -0.05) is 22.6 Å². The molecule has 0 saturated heterocycles. The number of ether oxygens (including phenoxy) is 1. The zero-order valence-corrected chi connectivity index (χ0v) is 6.60. The van der Waals surface area contributed by atoms with Crippen LogP contribution in [0.4, 0.5) is 8.78 Å². The molecular weight excluding hydrogens is 245 g/mol. The number of hydrogen-bond donors (Lipinski definition) is 0. The van der Waals surface area contributed by atoms with Gasteiger partial charge >= 0.3 is 12.4 Å². The summed E-state index contributed by atoms with van der Waals surface area (Å²) in [6, 6.07) is 0. The SMILES string of the molecule is O=C(OCCI)C(F)F. The van der Waals surface area contributed by atoms with Crippen molar-refractivity contribution in [3.63, 3.8) is 0 Å². The Kier molecular flexibility index (Phi) is 4.93. The van der Waals surface area contributed by atoms with Gasteiger partial charge in [-0.15, -0.1) is 0 Å². The Labute approximate surface area is 64.7 Å². The van der Waals surface area contributed by atoms with Gasteiger partial charge in [-0.25, -0.2) is 4.79 Å². The van der Waals surface area contributed by atoms with E-state index in [1.54, 1.807) is 0 Å². The number of halogens is 3. The van der Waals surface area contributed by atoms with E-state index in [2.05, 4.69) is 4.74 Å². The smallest absolute Gasteiger partial charge is 0.373 e. The molecule has 0 radical (unpaired) electrons. The predicted molar refractivity (Wildman–Crippen MR) is 35.9 cm³/mol. The summed E-state index contributed by atoms with van der Waals surface area (Å²) in [5.41, 5.74) is 0. The van der Waals surface area contributed by atoms with Crippen LogP contribution in [0.15, 0.2) is 0 Å². The Balaban J connectivity index is 3.28. The van der Waals surface area contributed by atoms with Crippen LogP contribution in [-0.2, 0) is 9.53 Å². The number of esters is 1. The number of carbonyl (C=O) groups is 1. The van der Waals surface area contributed by atoms with Gasteiger partial charge in [0.05, 0.1) is 0 Å². The molecule has 0 aliphatic rings. The molecule has 0 aromatic carbocycles. The fraction of sp³-hybridized carbons (Fsp3) is 0.750. The van der Waals surface area contributed by atoms with Crippen LogP contribution in [0.5, 0.6) is 0 Å². The second-order valence-corrected chi connectivity index (χ2v) is 2.24. The Bertz CT molecular complexity index is 96.6. The van der Waals surface area contributed by atoms with E-state index in [1.807, 2.05) is 22.6 Å². The number of alkyl halides is 3. The molecule has 0 amide bonds. The first kappa shape index (κ1) is 9.06. The molecule has 0 fully saturated rings. The van der Waals surface area contributed by atoms with Crippen LogP contribution >= 0.6 is 22.6 Å². The Hall–Kier alpha value is 0.0600. The molecule has 5 heteroatoms. The predicted octanol–water partition coefficient (Wildman–Crippen LogP) is 1.23. The molecule has 0 rings (SSSR count).